The molecular formula is C25H14Cl2N4O2. The number of nitrogens with zero attached hydrogens (tertiary/aromatic N) is 4. The molecule has 0 unspecified atom stereocenters. The van der Waals surface area contributed by atoms with Crippen LogP contribution in [0.3, 0.4) is 0 Å². The van der Waals surface area contributed by atoms with E-state index < -0.39 is 0 Å². The maximum atomic E-state index is 10.7. The predicted molar refractivity (Wildman–Crippen MR) is 129 cm³/mol. The number of nitriles is 1. The zero-order valence-corrected chi connectivity index (χ0v) is 18.5. The van der Waals surface area contributed by atoms with Crippen molar-refractivity contribution < 1.29 is 9.84 Å². The predicted octanol–water partition coefficient (Wildman–Crippen LogP) is 6.25. The van der Waals surface area contributed by atoms with Gasteiger partial charge in [0.25, 0.3) is 0 Å². The summed E-state index contributed by atoms with van der Waals surface area (Å²) in [5.41, 5.74) is 3.78. The number of halogens is 2. The third-order valence-electron chi connectivity index (χ3n) is 5.15. The van der Waals surface area contributed by atoms with E-state index in [1.165, 1.54) is 0 Å². The van der Waals surface area contributed by atoms with Crippen LogP contribution in [0.2, 0.25) is 10.0 Å². The van der Waals surface area contributed by atoms with Gasteiger partial charge in [0.2, 0.25) is 0 Å². The molecule has 3 heterocycles. The van der Waals surface area contributed by atoms with Crippen molar-refractivity contribution in [3.05, 3.63) is 82.2 Å². The summed E-state index contributed by atoms with van der Waals surface area (Å²) in [5.74, 6) is 0.316. The molecule has 8 heteroatoms. The van der Waals surface area contributed by atoms with Gasteiger partial charge < -0.3 is 9.84 Å². The van der Waals surface area contributed by atoms with E-state index in [0.29, 0.717) is 44.9 Å². The zero-order chi connectivity index (χ0) is 22.9. The minimum Gasteiger partial charge on any atom is -0.506 e. The van der Waals surface area contributed by atoms with E-state index in [2.05, 4.69) is 9.98 Å². The highest BCUT2D eigenvalue weighted by Gasteiger charge is 2.20. The third-order valence-corrected chi connectivity index (χ3v) is 5.59. The molecule has 0 radical (unpaired) electrons. The van der Waals surface area contributed by atoms with E-state index in [-0.39, 0.29) is 11.3 Å². The van der Waals surface area contributed by atoms with Crippen molar-refractivity contribution in [1.82, 2.24) is 9.97 Å². The highest BCUT2D eigenvalue weighted by atomic mass is 35.5. The first-order valence-electron chi connectivity index (χ1n) is 9.88. The molecule has 2 aromatic carbocycles. The van der Waals surface area contributed by atoms with E-state index in [0.717, 1.165) is 16.5 Å². The SMILES string of the molecule is N#Cc1cccc(-c2cc3cc(-c4cc(Cl)cc(Cl)c4)cnc3nc2C2=CN=CCO2)c1O. The first-order valence-corrected chi connectivity index (χ1v) is 10.6. The molecule has 1 N–H and O–H groups in total. The Kier molecular flexibility index (Phi) is 5.43. The summed E-state index contributed by atoms with van der Waals surface area (Å²) in [6.45, 7) is 0.303. The van der Waals surface area contributed by atoms with Crippen molar-refractivity contribution in [2.75, 3.05) is 6.61 Å². The standard InChI is InChI=1S/C25H14Cl2N4O2/c26-18-7-15(8-19(27)10-18)17-6-16-9-21(20-3-1-2-14(11-28)24(20)32)23(31-25(16)30-12-17)22-13-29-4-5-33-22/h1-4,6-10,12-13,32H,5H2. The molecule has 33 heavy (non-hydrogen) atoms. The van der Waals surface area contributed by atoms with Crippen molar-refractivity contribution >= 4 is 46.2 Å². The van der Waals surface area contributed by atoms with Crippen LogP contribution in [0.25, 0.3) is 39.0 Å². The Morgan fingerprint density at radius 3 is 2.55 bits per heavy atom. The summed E-state index contributed by atoms with van der Waals surface area (Å²) < 4.78 is 5.74. The lowest BCUT2D eigenvalue weighted by Crippen LogP contribution is -2.04. The fraction of sp³-hybridized carbons (Fsp3) is 0.0400. The fourth-order valence-corrected chi connectivity index (χ4v) is 4.17. The quantitative estimate of drug-likeness (QED) is 0.380. The minimum absolute atomic E-state index is 0.131. The summed E-state index contributed by atoms with van der Waals surface area (Å²) in [6, 6.07) is 16.0. The van der Waals surface area contributed by atoms with E-state index in [1.807, 2.05) is 18.2 Å². The number of aromatic nitrogens is 2. The topological polar surface area (TPSA) is 91.4 Å². The van der Waals surface area contributed by atoms with Crippen molar-refractivity contribution in [1.29, 1.82) is 5.26 Å². The van der Waals surface area contributed by atoms with Gasteiger partial charge in [0.05, 0.1) is 11.8 Å². The molecule has 2 aromatic heterocycles. The van der Waals surface area contributed by atoms with Gasteiger partial charge in [0.1, 0.15) is 24.1 Å². The van der Waals surface area contributed by atoms with Crippen LogP contribution in [0.4, 0.5) is 0 Å². The third kappa shape index (κ3) is 4.00. The van der Waals surface area contributed by atoms with Crippen LogP contribution in [-0.2, 0) is 4.74 Å². The number of hydrogen-bond donors (Lipinski definition) is 1. The van der Waals surface area contributed by atoms with E-state index in [1.54, 1.807) is 55.0 Å². The highest BCUT2D eigenvalue weighted by molar-refractivity contribution is 6.35. The molecule has 0 bridgehead atoms. The molecule has 0 spiro atoms. The lowest BCUT2D eigenvalue weighted by Gasteiger charge is -2.16. The zero-order valence-electron chi connectivity index (χ0n) is 17.0. The molecular weight excluding hydrogens is 459 g/mol. The number of para-hydroxylation sites is 1. The molecule has 0 saturated heterocycles. The van der Waals surface area contributed by atoms with Crippen molar-refractivity contribution in [2.45, 2.75) is 0 Å². The molecule has 0 fully saturated rings. The number of pyridine rings is 2. The first kappa shape index (κ1) is 21.0. The average Bonchev–Trinajstić information content (AvgIpc) is 2.83. The Balaban J connectivity index is 1.76. The second kappa shape index (κ2) is 8.55. The summed E-state index contributed by atoms with van der Waals surface area (Å²) in [7, 11) is 0. The van der Waals surface area contributed by atoms with Crippen LogP contribution in [0.15, 0.2) is 65.9 Å². The van der Waals surface area contributed by atoms with Gasteiger partial charge in [0, 0.05) is 44.5 Å². The van der Waals surface area contributed by atoms with Crippen LogP contribution >= 0.6 is 23.2 Å². The van der Waals surface area contributed by atoms with Crippen LogP contribution in [0, 0.1) is 11.3 Å². The Bertz CT molecular complexity index is 1500. The minimum atomic E-state index is -0.131. The number of benzene rings is 2. The van der Waals surface area contributed by atoms with Gasteiger partial charge in [-0.15, -0.1) is 0 Å². The fourth-order valence-electron chi connectivity index (χ4n) is 3.64. The lowest BCUT2D eigenvalue weighted by atomic mass is 9.97. The summed E-state index contributed by atoms with van der Waals surface area (Å²) >= 11 is 12.3. The Morgan fingerprint density at radius 2 is 1.82 bits per heavy atom. The molecule has 4 aromatic rings. The van der Waals surface area contributed by atoms with Gasteiger partial charge in [-0.1, -0.05) is 35.3 Å². The average molecular weight is 473 g/mol. The number of aromatic hydroxyl groups is 1. The molecule has 0 aliphatic carbocycles. The van der Waals surface area contributed by atoms with Crippen LogP contribution in [0.1, 0.15) is 11.3 Å². The van der Waals surface area contributed by atoms with E-state index >= 15 is 0 Å². The molecule has 160 valence electrons. The van der Waals surface area contributed by atoms with Crippen molar-refractivity contribution in [3.8, 4) is 34.1 Å². The monoisotopic (exact) mass is 472 g/mol. The largest absolute Gasteiger partial charge is 0.506 e. The second-order valence-corrected chi connectivity index (χ2v) is 8.14. The van der Waals surface area contributed by atoms with Crippen LogP contribution < -0.4 is 0 Å². The number of phenols is 1. The Hall–Kier alpha value is -3.92. The number of rotatable bonds is 3. The smallest absolute Gasteiger partial charge is 0.164 e. The molecule has 0 saturated carbocycles. The summed E-state index contributed by atoms with van der Waals surface area (Å²) in [5, 5.41) is 21.9. The Morgan fingerprint density at radius 1 is 1.00 bits per heavy atom. The normalized spacial score (nSPS) is 12.8. The number of fused-ring (bicyclic) bond motifs is 1. The second-order valence-electron chi connectivity index (χ2n) is 7.26. The van der Waals surface area contributed by atoms with Crippen molar-refractivity contribution in [3.63, 3.8) is 0 Å². The molecule has 1 aliphatic heterocycles. The Labute approximate surface area is 199 Å². The summed E-state index contributed by atoms with van der Waals surface area (Å²) in [6.07, 6.45) is 4.90. The van der Waals surface area contributed by atoms with Crippen LogP contribution in [0.5, 0.6) is 5.75 Å². The van der Waals surface area contributed by atoms with Gasteiger partial charge in [-0.25, -0.2) is 9.97 Å². The van der Waals surface area contributed by atoms with Crippen LogP contribution in [-0.4, -0.2) is 27.9 Å². The van der Waals surface area contributed by atoms with Gasteiger partial charge in [-0.2, -0.15) is 5.26 Å². The molecule has 6 nitrogen and oxygen atoms in total. The number of aliphatic imine (C=N–C) groups is 1. The van der Waals surface area contributed by atoms with E-state index in [4.69, 9.17) is 32.9 Å². The maximum absolute atomic E-state index is 10.7. The molecule has 5 rings (SSSR count). The van der Waals surface area contributed by atoms with E-state index in [9.17, 15) is 10.4 Å². The number of phenolic OH excluding ortho intramolecular Hbond substituents is 1. The van der Waals surface area contributed by atoms with Gasteiger partial charge in [-0.05, 0) is 42.0 Å². The lowest BCUT2D eigenvalue weighted by molar-refractivity contribution is 0.330. The van der Waals surface area contributed by atoms with Gasteiger partial charge >= 0.3 is 0 Å². The molecule has 0 atom stereocenters. The first-order chi connectivity index (χ1) is 16.0. The number of ether oxygens (including phenoxy) is 1. The molecule has 0 amide bonds. The maximum Gasteiger partial charge on any atom is 0.164 e. The number of hydrogen-bond acceptors (Lipinski definition) is 6. The summed E-state index contributed by atoms with van der Waals surface area (Å²) in [4.78, 5) is 13.4. The highest BCUT2D eigenvalue weighted by Crippen LogP contribution is 2.38. The van der Waals surface area contributed by atoms with Gasteiger partial charge in [0.15, 0.2) is 11.4 Å². The molecule has 1 aliphatic rings. The van der Waals surface area contributed by atoms with Crippen molar-refractivity contribution in [2.24, 2.45) is 4.99 Å². The van der Waals surface area contributed by atoms with Gasteiger partial charge in [-0.3, -0.25) is 4.99 Å².